The lowest BCUT2D eigenvalue weighted by atomic mass is 10.0. The maximum atomic E-state index is 13.9. The highest BCUT2D eigenvalue weighted by Crippen LogP contribution is 2.33. The van der Waals surface area contributed by atoms with Crippen molar-refractivity contribution in [3.8, 4) is 11.5 Å². The third kappa shape index (κ3) is 4.60. The maximum Gasteiger partial charge on any atom is 0.307 e. The summed E-state index contributed by atoms with van der Waals surface area (Å²) in [4.78, 5) is 27.6. The molecule has 1 aliphatic rings. The molecule has 0 saturated carbocycles. The molecule has 0 amide bonds. The average molecular weight is 513 g/mol. The summed E-state index contributed by atoms with van der Waals surface area (Å²) in [6.45, 7) is 8.68. The number of para-hydroxylation sites is 2. The van der Waals surface area contributed by atoms with Crippen LogP contribution in [0.1, 0.15) is 38.3 Å². The summed E-state index contributed by atoms with van der Waals surface area (Å²) in [5.41, 5.74) is 6.29. The number of carboxylic acid groups (broad SMARTS) is 1. The number of carbonyl (C=O) groups is 2. The minimum Gasteiger partial charge on any atom is -0.489 e. The van der Waals surface area contributed by atoms with Gasteiger partial charge in [-0.1, -0.05) is 23.8 Å². The molecule has 7 heteroatoms. The van der Waals surface area contributed by atoms with Gasteiger partial charge in [0.1, 0.15) is 24.2 Å². The fourth-order valence-corrected chi connectivity index (χ4v) is 5.29. The van der Waals surface area contributed by atoms with Crippen LogP contribution in [0.2, 0.25) is 0 Å². The van der Waals surface area contributed by atoms with E-state index in [9.17, 15) is 14.7 Å². The zero-order valence-corrected chi connectivity index (χ0v) is 22.4. The Morgan fingerprint density at radius 2 is 1.79 bits per heavy atom. The lowest BCUT2D eigenvalue weighted by molar-refractivity contribution is -0.136. The van der Waals surface area contributed by atoms with Crippen molar-refractivity contribution in [3.63, 3.8) is 0 Å². The number of fused-ring (bicyclic) bond motifs is 2. The zero-order chi connectivity index (χ0) is 27.1. The van der Waals surface area contributed by atoms with Gasteiger partial charge in [-0.15, -0.1) is 0 Å². The number of hydrogen-bond acceptors (Lipinski definition) is 5. The molecule has 0 saturated heterocycles. The van der Waals surface area contributed by atoms with E-state index in [4.69, 9.17) is 9.47 Å². The van der Waals surface area contributed by atoms with E-state index in [0.717, 1.165) is 33.5 Å². The van der Waals surface area contributed by atoms with E-state index >= 15 is 0 Å². The maximum absolute atomic E-state index is 13.9. The molecule has 4 aromatic rings. The Hall–Kier alpha value is -4.26. The summed E-state index contributed by atoms with van der Waals surface area (Å²) in [6, 6.07) is 17.5. The summed E-state index contributed by atoms with van der Waals surface area (Å²) >= 11 is 0. The van der Waals surface area contributed by atoms with E-state index in [0.29, 0.717) is 41.2 Å². The average Bonchev–Trinajstić information content (AvgIpc) is 3.14. The van der Waals surface area contributed by atoms with Gasteiger partial charge in [-0.25, -0.2) is 0 Å². The molecule has 5 rings (SSSR count). The van der Waals surface area contributed by atoms with Crippen molar-refractivity contribution in [1.29, 1.82) is 0 Å². The van der Waals surface area contributed by atoms with Crippen molar-refractivity contribution in [3.05, 3.63) is 88.1 Å². The monoisotopic (exact) mass is 512 g/mol. The fraction of sp³-hybridized carbons (Fsp3) is 0.290. The molecular weight excluding hydrogens is 480 g/mol. The molecule has 0 spiro atoms. The van der Waals surface area contributed by atoms with Gasteiger partial charge in [-0.05, 0) is 80.8 Å². The van der Waals surface area contributed by atoms with Crippen LogP contribution in [0.25, 0.3) is 10.9 Å². The third-order valence-corrected chi connectivity index (χ3v) is 7.25. The summed E-state index contributed by atoms with van der Waals surface area (Å²) in [7, 11) is 2.04. The first-order chi connectivity index (χ1) is 18.1. The molecule has 38 heavy (non-hydrogen) atoms. The molecule has 1 N–H and O–H groups in total. The van der Waals surface area contributed by atoms with Crippen LogP contribution in [0.15, 0.2) is 54.6 Å². The van der Waals surface area contributed by atoms with Gasteiger partial charge < -0.3 is 19.5 Å². The first-order valence-corrected chi connectivity index (χ1v) is 12.7. The van der Waals surface area contributed by atoms with E-state index in [1.54, 1.807) is 4.57 Å². The number of aromatic nitrogens is 1. The van der Waals surface area contributed by atoms with Crippen LogP contribution in [0.3, 0.4) is 0 Å². The van der Waals surface area contributed by atoms with Gasteiger partial charge >= 0.3 is 5.97 Å². The SMILES string of the molecule is Cc1ccc2c(c1)c(CC(=O)O)c(C)n2C(=O)c1cc(C)c(OC[C@@H]2CN(C)c3ccccc3O2)cc1C. The molecule has 2 heterocycles. The number of benzene rings is 3. The van der Waals surface area contributed by atoms with Crippen LogP contribution in [-0.4, -0.2) is 47.9 Å². The number of carbonyl (C=O) groups excluding carboxylic acids is 1. The van der Waals surface area contributed by atoms with Gasteiger partial charge in [0, 0.05) is 23.7 Å². The first-order valence-electron chi connectivity index (χ1n) is 12.7. The minimum atomic E-state index is -0.925. The normalized spacial score (nSPS) is 14.8. The van der Waals surface area contributed by atoms with E-state index < -0.39 is 5.97 Å². The minimum absolute atomic E-state index is 0.124. The number of ether oxygens (including phenoxy) is 2. The molecule has 0 radical (unpaired) electrons. The molecule has 0 bridgehead atoms. The van der Waals surface area contributed by atoms with Crippen LogP contribution in [0, 0.1) is 27.7 Å². The van der Waals surface area contributed by atoms with Crippen molar-refractivity contribution >= 4 is 28.5 Å². The Balaban J connectivity index is 1.41. The molecule has 1 aliphatic heterocycles. The smallest absolute Gasteiger partial charge is 0.307 e. The van der Waals surface area contributed by atoms with E-state index in [1.165, 1.54) is 0 Å². The van der Waals surface area contributed by atoms with Crippen LogP contribution in [0.5, 0.6) is 11.5 Å². The molecule has 3 aromatic carbocycles. The summed E-state index contributed by atoms with van der Waals surface area (Å²) in [5.74, 6) is 0.441. The van der Waals surface area contributed by atoms with Crippen molar-refractivity contribution in [2.24, 2.45) is 0 Å². The van der Waals surface area contributed by atoms with Gasteiger partial charge in [-0.2, -0.15) is 0 Å². The molecule has 7 nitrogen and oxygen atoms in total. The van der Waals surface area contributed by atoms with Crippen LogP contribution < -0.4 is 14.4 Å². The number of aliphatic carboxylic acids is 1. The van der Waals surface area contributed by atoms with Crippen molar-refractivity contribution < 1.29 is 24.2 Å². The van der Waals surface area contributed by atoms with Gasteiger partial charge in [0.05, 0.1) is 24.2 Å². The number of nitrogens with zero attached hydrogens (tertiary/aromatic N) is 2. The Kier molecular flexibility index (Phi) is 6.61. The lowest BCUT2D eigenvalue weighted by Gasteiger charge is -2.33. The highest BCUT2D eigenvalue weighted by molar-refractivity contribution is 6.05. The topological polar surface area (TPSA) is 81.0 Å². The molecular formula is C31H32N2O5. The van der Waals surface area contributed by atoms with Crippen molar-refractivity contribution in [1.82, 2.24) is 4.57 Å². The fourth-order valence-electron chi connectivity index (χ4n) is 5.29. The zero-order valence-electron chi connectivity index (χ0n) is 22.4. The quantitative estimate of drug-likeness (QED) is 0.369. The Morgan fingerprint density at radius 1 is 1.03 bits per heavy atom. The Bertz CT molecular complexity index is 1570. The number of hydrogen-bond donors (Lipinski definition) is 1. The molecule has 1 atom stereocenters. The number of carboxylic acids is 1. The van der Waals surface area contributed by atoms with E-state index in [-0.39, 0.29) is 18.4 Å². The van der Waals surface area contributed by atoms with Gasteiger partial charge in [0.25, 0.3) is 5.91 Å². The van der Waals surface area contributed by atoms with Crippen LogP contribution >= 0.6 is 0 Å². The second kappa shape index (κ2) is 9.89. The largest absolute Gasteiger partial charge is 0.489 e. The third-order valence-electron chi connectivity index (χ3n) is 7.25. The highest BCUT2D eigenvalue weighted by Gasteiger charge is 2.25. The van der Waals surface area contributed by atoms with Crippen molar-refractivity contribution in [2.45, 2.75) is 40.2 Å². The van der Waals surface area contributed by atoms with Crippen molar-refractivity contribution in [2.75, 3.05) is 25.1 Å². The second-order valence-corrected chi connectivity index (χ2v) is 10.1. The molecule has 1 aromatic heterocycles. The molecule has 196 valence electrons. The molecule has 0 unspecified atom stereocenters. The second-order valence-electron chi connectivity index (χ2n) is 10.1. The number of likely N-dealkylation sites (N-methyl/N-ethyl adjacent to an activating group) is 1. The predicted octanol–water partition coefficient (Wildman–Crippen LogP) is 5.47. The Morgan fingerprint density at radius 3 is 2.55 bits per heavy atom. The van der Waals surface area contributed by atoms with Crippen LogP contribution in [0.4, 0.5) is 5.69 Å². The standard InChI is InChI=1S/C31H32N2O5/c1-18-10-11-26-25(12-18)24(15-30(34)35)21(4)33(26)31(36)23-13-20(3)29(14-19(23)2)37-17-22-16-32(5)27-8-6-7-9-28(27)38-22/h6-14,22H,15-17H2,1-5H3,(H,34,35)/t22-/m0/s1. The first kappa shape index (κ1) is 25.4. The Labute approximate surface area is 222 Å². The molecule has 0 aliphatic carbocycles. The van der Waals surface area contributed by atoms with Gasteiger partial charge in [0.15, 0.2) is 0 Å². The molecule has 0 fully saturated rings. The summed E-state index contributed by atoms with van der Waals surface area (Å²) < 4.78 is 14.0. The van der Waals surface area contributed by atoms with E-state index in [1.807, 2.05) is 89.3 Å². The summed E-state index contributed by atoms with van der Waals surface area (Å²) in [6.07, 6.45) is -0.263. The lowest BCUT2D eigenvalue weighted by Crippen LogP contribution is -2.41. The highest BCUT2D eigenvalue weighted by atomic mass is 16.5. The number of anilines is 1. The van der Waals surface area contributed by atoms with Gasteiger partial charge in [-0.3, -0.25) is 14.2 Å². The van der Waals surface area contributed by atoms with Crippen LogP contribution in [-0.2, 0) is 11.2 Å². The summed E-state index contributed by atoms with van der Waals surface area (Å²) in [5, 5.41) is 10.3. The van der Waals surface area contributed by atoms with Gasteiger partial charge in [0.2, 0.25) is 0 Å². The predicted molar refractivity (Wildman–Crippen MR) is 148 cm³/mol. The number of aryl methyl sites for hydroxylation is 3. The number of rotatable bonds is 6. The van der Waals surface area contributed by atoms with E-state index in [2.05, 4.69) is 4.90 Å².